The van der Waals surface area contributed by atoms with Gasteiger partial charge in [-0.25, -0.2) is 22.9 Å². The minimum Gasteiger partial charge on any atom is -0.453 e. The number of rotatable bonds is 4. The van der Waals surface area contributed by atoms with Gasteiger partial charge >= 0.3 is 6.09 Å². The van der Waals surface area contributed by atoms with Crippen LogP contribution in [0.3, 0.4) is 0 Å². The number of hydrogen-bond donors (Lipinski definition) is 1. The highest BCUT2D eigenvalue weighted by Crippen LogP contribution is 2.33. The molecule has 1 atom stereocenters. The fraction of sp³-hybridized carbons (Fsp3) is 0.348. The molecule has 0 bridgehead atoms. The molecule has 8 nitrogen and oxygen atoms in total. The maximum absolute atomic E-state index is 15.1. The van der Waals surface area contributed by atoms with Crippen molar-refractivity contribution in [3.05, 3.63) is 58.7 Å². The number of morpholine rings is 1. The van der Waals surface area contributed by atoms with E-state index in [9.17, 15) is 14.0 Å². The van der Waals surface area contributed by atoms with Crippen LogP contribution in [-0.2, 0) is 15.9 Å². The molecule has 3 heterocycles. The van der Waals surface area contributed by atoms with Crippen LogP contribution in [0.25, 0.3) is 16.9 Å². The first kappa shape index (κ1) is 23.6. The van der Waals surface area contributed by atoms with Crippen LogP contribution in [0.1, 0.15) is 21.6 Å². The molecule has 1 aromatic carbocycles. The van der Waals surface area contributed by atoms with E-state index >= 15 is 8.78 Å². The topological polar surface area (TPSA) is 85.2 Å². The van der Waals surface area contributed by atoms with Crippen molar-refractivity contribution in [2.75, 3.05) is 33.9 Å². The summed E-state index contributed by atoms with van der Waals surface area (Å²) >= 11 is 0. The van der Waals surface area contributed by atoms with E-state index in [0.717, 1.165) is 5.56 Å². The normalized spacial score (nSPS) is 16.1. The second-order valence-corrected chi connectivity index (χ2v) is 7.94. The molecule has 0 radical (unpaired) electrons. The largest absolute Gasteiger partial charge is 0.453 e. The van der Waals surface area contributed by atoms with Crippen molar-refractivity contribution < 1.29 is 32.2 Å². The quantitative estimate of drug-likeness (QED) is 0.585. The van der Waals surface area contributed by atoms with E-state index in [1.165, 1.54) is 19.1 Å². The number of carbonyl (C=O) groups is 2. The number of fused-ring (bicyclic) bond motifs is 1. The highest BCUT2D eigenvalue weighted by molar-refractivity contribution is 5.95. The van der Waals surface area contributed by atoms with Crippen LogP contribution >= 0.6 is 0 Å². The highest BCUT2D eigenvalue weighted by atomic mass is 19.2. The van der Waals surface area contributed by atoms with Crippen molar-refractivity contribution in [3.8, 4) is 11.3 Å². The standard InChI is InChI=1S/C23H23F3N4O4/c1-12-4-5-30-16(9-13-11-29(6-7-34-13)23(32)33-3)21(28-17(30)8-12)18-15(24)10-14(22(31)27-2)19(25)20(18)26/h4-5,8,10,13H,6-7,9,11H2,1-3H3,(H,27,31). The summed E-state index contributed by atoms with van der Waals surface area (Å²) in [4.78, 5) is 29.7. The van der Waals surface area contributed by atoms with Gasteiger partial charge in [-0.2, -0.15) is 0 Å². The first-order chi connectivity index (χ1) is 16.2. The fourth-order valence-corrected chi connectivity index (χ4v) is 4.06. The lowest BCUT2D eigenvalue weighted by Gasteiger charge is -2.32. The number of nitrogens with one attached hydrogen (secondary N) is 1. The third-order valence-corrected chi connectivity index (χ3v) is 5.74. The molecule has 4 rings (SSSR count). The Kier molecular flexibility index (Phi) is 6.47. The molecule has 0 aliphatic carbocycles. The first-order valence-electron chi connectivity index (χ1n) is 10.6. The lowest BCUT2D eigenvalue weighted by atomic mass is 10.0. The van der Waals surface area contributed by atoms with Crippen molar-refractivity contribution >= 4 is 17.6 Å². The van der Waals surface area contributed by atoms with Crippen molar-refractivity contribution in [2.24, 2.45) is 0 Å². The molecular weight excluding hydrogens is 453 g/mol. The molecule has 1 fully saturated rings. The minimum absolute atomic E-state index is 0.109. The van der Waals surface area contributed by atoms with Gasteiger partial charge in [0.2, 0.25) is 0 Å². The number of halogens is 3. The van der Waals surface area contributed by atoms with Crippen LogP contribution in [0.15, 0.2) is 24.4 Å². The molecule has 11 heteroatoms. The van der Waals surface area contributed by atoms with Gasteiger partial charge in [0.15, 0.2) is 11.6 Å². The monoisotopic (exact) mass is 476 g/mol. The Balaban J connectivity index is 1.83. The zero-order valence-corrected chi connectivity index (χ0v) is 18.8. The molecule has 0 spiro atoms. The van der Waals surface area contributed by atoms with Crippen LogP contribution in [0.4, 0.5) is 18.0 Å². The Morgan fingerprint density at radius 3 is 2.74 bits per heavy atom. The van der Waals surface area contributed by atoms with Crippen LogP contribution < -0.4 is 5.32 Å². The summed E-state index contributed by atoms with van der Waals surface area (Å²) in [6.07, 6.45) is 0.799. The molecule has 180 valence electrons. The van der Waals surface area contributed by atoms with Crippen molar-refractivity contribution in [3.63, 3.8) is 0 Å². The maximum Gasteiger partial charge on any atom is 0.409 e. The van der Waals surface area contributed by atoms with Gasteiger partial charge in [0.05, 0.1) is 48.9 Å². The number of hydrogen-bond acceptors (Lipinski definition) is 5. The fourth-order valence-electron chi connectivity index (χ4n) is 4.06. The highest BCUT2D eigenvalue weighted by Gasteiger charge is 2.31. The summed E-state index contributed by atoms with van der Waals surface area (Å²) in [5, 5.41) is 2.16. The molecule has 1 aliphatic rings. The SMILES string of the molecule is CNC(=O)c1cc(F)c(-c2nc3cc(C)ccn3c2CC2CN(C(=O)OC)CCO2)c(F)c1F. The third-order valence-electron chi connectivity index (χ3n) is 5.74. The number of methoxy groups -OCH3 is 1. The lowest BCUT2D eigenvalue weighted by molar-refractivity contribution is -0.0241. The van der Waals surface area contributed by atoms with Gasteiger partial charge in [0.1, 0.15) is 11.5 Å². The van der Waals surface area contributed by atoms with E-state index < -0.39 is 46.7 Å². The van der Waals surface area contributed by atoms with Crippen LogP contribution in [0.5, 0.6) is 0 Å². The summed E-state index contributed by atoms with van der Waals surface area (Å²) in [7, 11) is 2.51. The van der Waals surface area contributed by atoms with Gasteiger partial charge in [0.25, 0.3) is 5.91 Å². The smallest absolute Gasteiger partial charge is 0.409 e. The summed E-state index contributed by atoms with van der Waals surface area (Å²) in [6, 6.07) is 4.18. The molecule has 2 aromatic heterocycles. The van der Waals surface area contributed by atoms with E-state index in [2.05, 4.69) is 10.3 Å². The second kappa shape index (κ2) is 9.34. The number of benzene rings is 1. The van der Waals surface area contributed by atoms with Crippen LogP contribution in [0.2, 0.25) is 0 Å². The van der Waals surface area contributed by atoms with Crippen molar-refractivity contribution in [1.29, 1.82) is 0 Å². The predicted octanol–water partition coefficient (Wildman–Crippen LogP) is 3.10. The maximum atomic E-state index is 15.1. The minimum atomic E-state index is -1.51. The van der Waals surface area contributed by atoms with Gasteiger partial charge in [-0.05, 0) is 30.7 Å². The first-order valence-corrected chi connectivity index (χ1v) is 10.6. The van der Waals surface area contributed by atoms with Crippen molar-refractivity contribution in [1.82, 2.24) is 19.6 Å². The van der Waals surface area contributed by atoms with E-state index in [1.54, 1.807) is 22.7 Å². The molecule has 2 amide bonds. The molecule has 1 unspecified atom stereocenters. The van der Waals surface area contributed by atoms with Gasteiger partial charge in [-0.1, -0.05) is 0 Å². The summed E-state index contributed by atoms with van der Waals surface area (Å²) in [5.74, 6) is -5.06. The summed E-state index contributed by atoms with van der Waals surface area (Å²) in [5.41, 5.74) is 0.107. The van der Waals surface area contributed by atoms with E-state index in [4.69, 9.17) is 9.47 Å². The Labute approximate surface area is 193 Å². The predicted molar refractivity (Wildman–Crippen MR) is 116 cm³/mol. The van der Waals surface area contributed by atoms with E-state index in [-0.39, 0.29) is 25.3 Å². The Hall–Kier alpha value is -3.60. The number of aromatic nitrogens is 2. The van der Waals surface area contributed by atoms with Gasteiger partial charge in [0, 0.05) is 26.2 Å². The average molecular weight is 476 g/mol. The molecular formula is C23H23F3N4O4. The molecule has 1 saturated heterocycles. The Morgan fingerprint density at radius 2 is 2.03 bits per heavy atom. The number of amides is 2. The number of ether oxygens (including phenoxy) is 2. The number of nitrogens with zero attached hydrogens (tertiary/aromatic N) is 3. The van der Waals surface area contributed by atoms with Gasteiger partial charge < -0.3 is 24.1 Å². The number of carbonyl (C=O) groups excluding carboxylic acids is 2. The van der Waals surface area contributed by atoms with Gasteiger partial charge in [-0.15, -0.1) is 0 Å². The number of pyridine rings is 1. The van der Waals surface area contributed by atoms with E-state index in [0.29, 0.717) is 24.0 Å². The summed E-state index contributed by atoms with van der Waals surface area (Å²) < 4.78 is 57.2. The third kappa shape index (κ3) is 4.18. The van der Waals surface area contributed by atoms with E-state index in [1.807, 2.05) is 6.92 Å². The van der Waals surface area contributed by atoms with Crippen LogP contribution in [-0.4, -0.2) is 66.2 Å². The van der Waals surface area contributed by atoms with Gasteiger partial charge in [-0.3, -0.25) is 4.79 Å². The molecule has 34 heavy (non-hydrogen) atoms. The zero-order chi connectivity index (χ0) is 24.6. The average Bonchev–Trinajstić information content (AvgIpc) is 3.17. The Bertz CT molecular complexity index is 1280. The number of aryl methyl sites for hydroxylation is 1. The molecule has 3 aromatic rings. The molecule has 0 saturated carbocycles. The van der Waals surface area contributed by atoms with Crippen molar-refractivity contribution in [2.45, 2.75) is 19.4 Å². The zero-order valence-electron chi connectivity index (χ0n) is 18.8. The molecule has 1 N–H and O–H groups in total. The number of imidazole rings is 1. The van der Waals surface area contributed by atoms with Crippen LogP contribution in [0, 0.1) is 24.4 Å². The molecule has 1 aliphatic heterocycles. The summed E-state index contributed by atoms with van der Waals surface area (Å²) in [6.45, 7) is 2.63. The Morgan fingerprint density at radius 1 is 1.26 bits per heavy atom. The second-order valence-electron chi connectivity index (χ2n) is 7.94. The lowest BCUT2D eigenvalue weighted by Crippen LogP contribution is -2.46.